The van der Waals surface area contributed by atoms with E-state index in [1.807, 2.05) is 0 Å². The Morgan fingerprint density at radius 1 is 1.18 bits per heavy atom. The van der Waals surface area contributed by atoms with Crippen LogP contribution in [0.1, 0.15) is 78.1 Å². The zero-order valence-electron chi connectivity index (χ0n) is 11.6. The van der Waals surface area contributed by atoms with Crippen molar-refractivity contribution in [1.82, 2.24) is 0 Å². The van der Waals surface area contributed by atoms with Gasteiger partial charge in [0.15, 0.2) is 5.78 Å². The number of rotatable bonds is 9. The van der Waals surface area contributed by atoms with Gasteiger partial charge in [-0.3, -0.25) is 4.79 Å². The molecule has 1 aliphatic carbocycles. The molecule has 0 aromatic heterocycles. The van der Waals surface area contributed by atoms with Crippen LogP contribution in [0.15, 0.2) is 11.6 Å². The number of unbranched alkanes of at least 4 members (excludes halogenated alkanes) is 4. The van der Waals surface area contributed by atoms with Crippen molar-refractivity contribution in [2.75, 3.05) is 0 Å². The molecule has 0 fully saturated rings. The molecule has 0 radical (unpaired) electrons. The van der Waals surface area contributed by atoms with Gasteiger partial charge in [-0.1, -0.05) is 52.0 Å². The summed E-state index contributed by atoms with van der Waals surface area (Å²) in [5.74, 6) is 1.04. The van der Waals surface area contributed by atoms with E-state index in [-0.39, 0.29) is 0 Å². The van der Waals surface area contributed by atoms with Crippen LogP contribution in [0.3, 0.4) is 0 Å². The van der Waals surface area contributed by atoms with Gasteiger partial charge in [0, 0.05) is 6.42 Å². The summed E-state index contributed by atoms with van der Waals surface area (Å²) in [5.41, 5.74) is 1.18. The van der Waals surface area contributed by atoms with Crippen molar-refractivity contribution >= 4 is 5.78 Å². The molecule has 17 heavy (non-hydrogen) atoms. The summed E-state index contributed by atoms with van der Waals surface area (Å²) >= 11 is 0. The molecule has 1 unspecified atom stereocenters. The van der Waals surface area contributed by atoms with Crippen LogP contribution in [0, 0.1) is 5.92 Å². The second-order valence-corrected chi connectivity index (χ2v) is 5.31. The average Bonchev–Trinajstić information content (AvgIpc) is 2.80. The van der Waals surface area contributed by atoms with Crippen molar-refractivity contribution in [3.8, 4) is 0 Å². The average molecular weight is 236 g/mol. The second kappa shape index (κ2) is 8.49. The monoisotopic (exact) mass is 236 g/mol. The molecule has 1 nitrogen and oxygen atoms in total. The molecule has 0 saturated heterocycles. The van der Waals surface area contributed by atoms with Crippen molar-refractivity contribution in [2.24, 2.45) is 5.92 Å². The third-order valence-corrected chi connectivity index (χ3v) is 3.80. The van der Waals surface area contributed by atoms with E-state index < -0.39 is 0 Å². The number of hydrogen-bond donors (Lipinski definition) is 0. The molecular weight excluding hydrogens is 208 g/mol. The van der Waals surface area contributed by atoms with Crippen LogP contribution in [0.4, 0.5) is 0 Å². The molecule has 1 aliphatic rings. The quantitative estimate of drug-likeness (QED) is 0.512. The first-order valence-corrected chi connectivity index (χ1v) is 7.52. The van der Waals surface area contributed by atoms with Crippen molar-refractivity contribution < 1.29 is 4.79 Å². The summed E-state index contributed by atoms with van der Waals surface area (Å²) < 4.78 is 0. The Morgan fingerprint density at radius 2 is 1.94 bits per heavy atom. The van der Waals surface area contributed by atoms with Gasteiger partial charge in [-0.25, -0.2) is 0 Å². The van der Waals surface area contributed by atoms with Gasteiger partial charge in [0.25, 0.3) is 0 Å². The van der Waals surface area contributed by atoms with Crippen molar-refractivity contribution in [3.05, 3.63) is 11.6 Å². The second-order valence-electron chi connectivity index (χ2n) is 5.31. The Morgan fingerprint density at radius 3 is 2.65 bits per heavy atom. The Hall–Kier alpha value is -0.590. The SMILES string of the molecule is CCCCCCC(=O)C1=CCCC1CCCC. The van der Waals surface area contributed by atoms with E-state index in [4.69, 9.17) is 0 Å². The zero-order valence-corrected chi connectivity index (χ0v) is 11.6. The van der Waals surface area contributed by atoms with Gasteiger partial charge in [-0.15, -0.1) is 0 Å². The van der Waals surface area contributed by atoms with Gasteiger partial charge in [-0.05, 0) is 37.2 Å². The highest BCUT2D eigenvalue weighted by molar-refractivity contribution is 5.96. The van der Waals surface area contributed by atoms with Gasteiger partial charge in [0.1, 0.15) is 0 Å². The lowest BCUT2D eigenvalue weighted by atomic mass is 9.91. The molecule has 0 heterocycles. The van der Waals surface area contributed by atoms with E-state index in [0.717, 1.165) is 19.3 Å². The molecule has 0 aromatic carbocycles. The van der Waals surface area contributed by atoms with E-state index in [1.54, 1.807) is 0 Å². The first-order chi connectivity index (χ1) is 8.29. The summed E-state index contributed by atoms with van der Waals surface area (Å²) in [6, 6.07) is 0. The lowest BCUT2D eigenvalue weighted by Gasteiger charge is -2.13. The molecule has 98 valence electrons. The van der Waals surface area contributed by atoms with Crippen LogP contribution in [-0.4, -0.2) is 5.78 Å². The summed E-state index contributed by atoms with van der Waals surface area (Å²) in [4.78, 5) is 12.1. The van der Waals surface area contributed by atoms with E-state index in [9.17, 15) is 4.79 Å². The number of ketones is 1. The van der Waals surface area contributed by atoms with Gasteiger partial charge < -0.3 is 0 Å². The molecule has 0 amide bonds. The van der Waals surface area contributed by atoms with E-state index >= 15 is 0 Å². The van der Waals surface area contributed by atoms with E-state index in [2.05, 4.69) is 19.9 Å². The van der Waals surface area contributed by atoms with Crippen molar-refractivity contribution in [2.45, 2.75) is 78.1 Å². The van der Waals surface area contributed by atoms with Gasteiger partial charge in [0.2, 0.25) is 0 Å². The third kappa shape index (κ3) is 5.06. The highest BCUT2D eigenvalue weighted by Crippen LogP contribution is 2.31. The van der Waals surface area contributed by atoms with Crippen molar-refractivity contribution in [3.63, 3.8) is 0 Å². The molecule has 0 saturated carbocycles. The fourth-order valence-electron chi connectivity index (χ4n) is 2.71. The summed E-state index contributed by atoms with van der Waals surface area (Å²) in [6.45, 7) is 4.44. The molecular formula is C16H28O. The van der Waals surface area contributed by atoms with E-state index in [1.165, 1.54) is 50.5 Å². The molecule has 1 rings (SSSR count). The Kier molecular flexibility index (Phi) is 7.23. The third-order valence-electron chi connectivity index (χ3n) is 3.80. The molecule has 0 aromatic rings. The minimum atomic E-state index is 0.444. The number of hydrogen-bond acceptors (Lipinski definition) is 1. The summed E-state index contributed by atoms with van der Waals surface area (Å²) in [6.07, 6.45) is 13.9. The van der Waals surface area contributed by atoms with Crippen LogP contribution in [-0.2, 0) is 4.79 Å². The maximum atomic E-state index is 12.1. The van der Waals surface area contributed by atoms with Crippen LogP contribution in [0.5, 0.6) is 0 Å². The smallest absolute Gasteiger partial charge is 0.158 e. The van der Waals surface area contributed by atoms with Gasteiger partial charge in [-0.2, -0.15) is 0 Å². The van der Waals surface area contributed by atoms with Crippen LogP contribution in [0.25, 0.3) is 0 Å². The molecule has 0 aliphatic heterocycles. The van der Waals surface area contributed by atoms with Gasteiger partial charge >= 0.3 is 0 Å². The van der Waals surface area contributed by atoms with Crippen LogP contribution < -0.4 is 0 Å². The highest BCUT2D eigenvalue weighted by Gasteiger charge is 2.23. The molecule has 0 N–H and O–H groups in total. The predicted octanol–water partition coefficient (Wildman–Crippen LogP) is 5.05. The fourth-order valence-corrected chi connectivity index (χ4v) is 2.71. The lowest BCUT2D eigenvalue weighted by Crippen LogP contribution is -2.09. The summed E-state index contributed by atoms with van der Waals surface area (Å²) in [7, 11) is 0. The lowest BCUT2D eigenvalue weighted by molar-refractivity contribution is -0.116. The number of allylic oxidation sites excluding steroid dienone is 2. The highest BCUT2D eigenvalue weighted by atomic mass is 16.1. The van der Waals surface area contributed by atoms with Crippen LogP contribution >= 0.6 is 0 Å². The Labute approximate surface area is 107 Å². The number of carbonyl (C=O) groups is 1. The normalized spacial score (nSPS) is 19.4. The topological polar surface area (TPSA) is 17.1 Å². The maximum Gasteiger partial charge on any atom is 0.158 e. The zero-order chi connectivity index (χ0) is 12.5. The fraction of sp³-hybridized carbons (Fsp3) is 0.812. The van der Waals surface area contributed by atoms with Gasteiger partial charge in [0.05, 0.1) is 0 Å². The number of carbonyl (C=O) groups excluding carboxylic acids is 1. The minimum Gasteiger partial charge on any atom is -0.295 e. The first kappa shape index (κ1) is 14.5. The van der Waals surface area contributed by atoms with Crippen LogP contribution in [0.2, 0.25) is 0 Å². The molecule has 1 atom stereocenters. The number of Topliss-reactive ketones (excluding diaryl/α,β-unsaturated/α-hetero) is 1. The Balaban J connectivity index is 2.29. The first-order valence-electron chi connectivity index (χ1n) is 7.52. The van der Waals surface area contributed by atoms with Crippen molar-refractivity contribution in [1.29, 1.82) is 0 Å². The standard InChI is InChI=1S/C16H28O/c1-3-5-7-8-13-16(17)15-12-9-11-14(15)10-6-4-2/h12,14H,3-11,13H2,1-2H3. The predicted molar refractivity (Wildman–Crippen MR) is 74.1 cm³/mol. The molecule has 0 bridgehead atoms. The van der Waals surface area contributed by atoms with E-state index in [0.29, 0.717) is 11.7 Å². The molecule has 1 heteroatoms. The maximum absolute atomic E-state index is 12.1. The molecule has 0 spiro atoms. The largest absolute Gasteiger partial charge is 0.295 e. The minimum absolute atomic E-state index is 0.444. The Bertz CT molecular complexity index is 252. The summed E-state index contributed by atoms with van der Waals surface area (Å²) in [5, 5.41) is 0.